The molecule has 0 unspecified atom stereocenters. The summed E-state index contributed by atoms with van der Waals surface area (Å²) in [6.45, 7) is 1.87. The van der Waals surface area contributed by atoms with Gasteiger partial charge in [0.25, 0.3) is 5.92 Å². The topological polar surface area (TPSA) is 48.7 Å². The highest BCUT2D eigenvalue weighted by atomic mass is 19.3. The normalized spacial score (nSPS) is 27.4. The molecule has 0 N–H and O–H groups in total. The summed E-state index contributed by atoms with van der Waals surface area (Å²) >= 11 is 0. The van der Waals surface area contributed by atoms with Crippen LogP contribution in [0, 0.1) is 12.7 Å². The lowest BCUT2D eigenvalue weighted by Crippen LogP contribution is -2.37. The van der Waals surface area contributed by atoms with Gasteiger partial charge in [0, 0.05) is 25.3 Å². The van der Waals surface area contributed by atoms with Crippen molar-refractivity contribution in [1.82, 2.24) is 14.6 Å². The minimum atomic E-state index is -2.69. The molecule has 0 radical (unpaired) electrons. The van der Waals surface area contributed by atoms with E-state index in [1.54, 1.807) is 35.9 Å². The molecule has 3 aromatic rings. The lowest BCUT2D eigenvalue weighted by molar-refractivity contribution is -0.0650. The first-order chi connectivity index (χ1) is 14.8. The molecule has 2 aromatic heterocycles. The lowest BCUT2D eigenvalue weighted by Gasteiger charge is -2.39. The highest BCUT2D eigenvalue weighted by Gasteiger charge is 2.60. The van der Waals surface area contributed by atoms with E-state index in [-0.39, 0.29) is 18.3 Å². The second kappa shape index (κ2) is 7.22. The van der Waals surface area contributed by atoms with Gasteiger partial charge in [-0.1, -0.05) is 12.1 Å². The SMILES string of the molecule is COC1(c2ccc(F)cc2)CCC(Oc2ccn3c([C@H]4CC4(F)F)nnc3c2C)CC1. The van der Waals surface area contributed by atoms with Crippen molar-refractivity contribution < 1.29 is 22.6 Å². The number of ether oxygens (including phenoxy) is 2. The summed E-state index contributed by atoms with van der Waals surface area (Å²) in [6, 6.07) is 8.28. The molecule has 5 nitrogen and oxygen atoms in total. The predicted octanol–water partition coefficient (Wildman–Crippen LogP) is 5.16. The van der Waals surface area contributed by atoms with Crippen LogP contribution in [0.15, 0.2) is 36.5 Å². The maximum Gasteiger partial charge on any atom is 0.259 e. The highest BCUT2D eigenvalue weighted by Crippen LogP contribution is 2.55. The van der Waals surface area contributed by atoms with Crippen LogP contribution >= 0.6 is 0 Å². The van der Waals surface area contributed by atoms with Gasteiger partial charge in [-0.05, 0) is 56.4 Å². The van der Waals surface area contributed by atoms with Crippen molar-refractivity contribution in [2.75, 3.05) is 7.11 Å². The van der Waals surface area contributed by atoms with Crippen molar-refractivity contribution in [1.29, 1.82) is 0 Å². The van der Waals surface area contributed by atoms with Crippen molar-refractivity contribution in [3.8, 4) is 5.75 Å². The zero-order valence-corrected chi connectivity index (χ0v) is 17.4. The van der Waals surface area contributed by atoms with Crippen molar-refractivity contribution in [2.24, 2.45) is 0 Å². The number of halogens is 3. The van der Waals surface area contributed by atoms with Gasteiger partial charge in [-0.3, -0.25) is 4.40 Å². The molecule has 0 bridgehead atoms. The number of nitrogens with zero attached hydrogens (tertiary/aromatic N) is 3. The van der Waals surface area contributed by atoms with Crippen molar-refractivity contribution in [3.05, 3.63) is 59.3 Å². The molecule has 0 saturated heterocycles. The van der Waals surface area contributed by atoms with Gasteiger partial charge >= 0.3 is 0 Å². The lowest BCUT2D eigenvalue weighted by atomic mass is 9.78. The number of pyridine rings is 1. The number of methoxy groups -OCH3 is 1. The molecule has 1 aromatic carbocycles. The third-order valence-electron chi connectivity index (χ3n) is 6.73. The first-order valence-corrected chi connectivity index (χ1v) is 10.5. The molecule has 0 spiro atoms. The number of fused-ring (bicyclic) bond motifs is 1. The number of hydrogen-bond acceptors (Lipinski definition) is 4. The summed E-state index contributed by atoms with van der Waals surface area (Å²) in [7, 11) is 1.69. The Hall–Kier alpha value is -2.61. The molecule has 31 heavy (non-hydrogen) atoms. The Kier molecular flexibility index (Phi) is 4.73. The predicted molar refractivity (Wildman–Crippen MR) is 108 cm³/mol. The van der Waals surface area contributed by atoms with Gasteiger partial charge in [0.15, 0.2) is 5.65 Å². The minimum absolute atomic E-state index is 0.0000283. The molecule has 1 atom stereocenters. The second-order valence-corrected chi connectivity index (χ2v) is 8.60. The summed E-state index contributed by atoms with van der Waals surface area (Å²) < 4.78 is 54.0. The van der Waals surface area contributed by atoms with Gasteiger partial charge in [-0.25, -0.2) is 13.2 Å². The molecule has 2 heterocycles. The molecule has 2 saturated carbocycles. The van der Waals surface area contributed by atoms with Crippen LogP contribution in [-0.4, -0.2) is 33.7 Å². The second-order valence-electron chi connectivity index (χ2n) is 8.60. The molecule has 8 heteroatoms. The van der Waals surface area contributed by atoms with Crippen LogP contribution in [0.3, 0.4) is 0 Å². The summed E-state index contributed by atoms with van der Waals surface area (Å²) in [6.07, 6.45) is 4.61. The van der Waals surface area contributed by atoms with Crippen LogP contribution in [0.25, 0.3) is 5.65 Å². The zero-order chi connectivity index (χ0) is 21.8. The minimum Gasteiger partial charge on any atom is -0.490 e. The average molecular weight is 431 g/mol. The van der Waals surface area contributed by atoms with E-state index in [4.69, 9.17) is 9.47 Å². The quantitative estimate of drug-likeness (QED) is 0.560. The fourth-order valence-electron chi connectivity index (χ4n) is 4.66. The number of alkyl halides is 2. The Labute approximate surface area is 178 Å². The molecule has 2 aliphatic carbocycles. The van der Waals surface area contributed by atoms with E-state index in [1.165, 1.54) is 12.1 Å². The Balaban J connectivity index is 1.31. The fourth-order valence-corrected chi connectivity index (χ4v) is 4.66. The molecule has 0 aliphatic heterocycles. The number of aryl methyl sites for hydroxylation is 1. The third-order valence-corrected chi connectivity index (χ3v) is 6.73. The first kappa shape index (κ1) is 20.3. The Morgan fingerprint density at radius 1 is 1.06 bits per heavy atom. The van der Waals surface area contributed by atoms with Crippen molar-refractivity contribution >= 4 is 5.65 Å². The van der Waals surface area contributed by atoms with Crippen molar-refractivity contribution in [3.63, 3.8) is 0 Å². The average Bonchev–Trinajstić information content (AvgIpc) is 3.19. The molecule has 0 amide bonds. The van der Waals surface area contributed by atoms with Gasteiger partial charge in [0.05, 0.1) is 17.6 Å². The van der Waals surface area contributed by atoms with Crippen LogP contribution in [0.2, 0.25) is 0 Å². The Bertz CT molecular complexity index is 1110. The first-order valence-electron chi connectivity index (χ1n) is 10.5. The van der Waals surface area contributed by atoms with Crippen LogP contribution < -0.4 is 4.74 Å². The summed E-state index contributed by atoms with van der Waals surface area (Å²) in [4.78, 5) is 0. The van der Waals surface area contributed by atoms with Crippen LogP contribution in [0.4, 0.5) is 13.2 Å². The molecular weight excluding hydrogens is 407 g/mol. The van der Waals surface area contributed by atoms with Crippen LogP contribution in [-0.2, 0) is 10.3 Å². The van der Waals surface area contributed by atoms with E-state index < -0.39 is 17.4 Å². The molecule has 2 aliphatic rings. The smallest absolute Gasteiger partial charge is 0.259 e. The van der Waals surface area contributed by atoms with Gasteiger partial charge in [0.1, 0.15) is 17.4 Å². The van der Waals surface area contributed by atoms with Crippen molar-refractivity contribution in [2.45, 2.75) is 62.6 Å². The largest absolute Gasteiger partial charge is 0.490 e. The van der Waals surface area contributed by atoms with Gasteiger partial charge in [-0.2, -0.15) is 0 Å². The maximum atomic E-state index is 13.5. The molecular formula is C23H24F3N3O2. The number of hydrogen-bond donors (Lipinski definition) is 0. The fraction of sp³-hybridized carbons (Fsp3) is 0.478. The van der Waals surface area contributed by atoms with E-state index in [2.05, 4.69) is 10.2 Å². The van der Waals surface area contributed by atoms with E-state index in [0.717, 1.165) is 36.8 Å². The van der Waals surface area contributed by atoms with E-state index in [0.29, 0.717) is 17.2 Å². The monoisotopic (exact) mass is 431 g/mol. The number of benzene rings is 1. The van der Waals surface area contributed by atoms with Gasteiger partial charge < -0.3 is 9.47 Å². The highest BCUT2D eigenvalue weighted by molar-refractivity contribution is 5.54. The van der Waals surface area contributed by atoms with Crippen LogP contribution in [0.1, 0.15) is 55.0 Å². The van der Waals surface area contributed by atoms with E-state index in [9.17, 15) is 13.2 Å². The Morgan fingerprint density at radius 3 is 2.35 bits per heavy atom. The Morgan fingerprint density at radius 2 is 1.74 bits per heavy atom. The van der Waals surface area contributed by atoms with Crippen LogP contribution in [0.5, 0.6) is 5.75 Å². The van der Waals surface area contributed by atoms with E-state index in [1.807, 2.05) is 6.92 Å². The zero-order valence-electron chi connectivity index (χ0n) is 17.4. The summed E-state index contributed by atoms with van der Waals surface area (Å²) in [5, 5.41) is 8.14. The number of rotatable bonds is 5. The summed E-state index contributed by atoms with van der Waals surface area (Å²) in [5.74, 6) is -2.82. The number of aromatic nitrogens is 3. The molecule has 2 fully saturated rings. The standard InChI is InChI=1S/C23H24F3N3O2/c1-14-19(9-12-29-20(14)27-28-21(29)18-13-23(18,25)26)31-17-7-10-22(30-2,11-8-17)15-3-5-16(24)6-4-15/h3-6,9,12,17-18H,7-8,10-11,13H2,1-2H3/t17?,18-,22?/m1/s1. The van der Waals surface area contributed by atoms with Gasteiger partial charge in [0.2, 0.25) is 0 Å². The maximum absolute atomic E-state index is 13.5. The third kappa shape index (κ3) is 3.46. The van der Waals surface area contributed by atoms with Gasteiger partial charge in [-0.15, -0.1) is 10.2 Å². The molecule has 164 valence electrons. The molecule has 5 rings (SSSR count). The summed E-state index contributed by atoms with van der Waals surface area (Å²) in [5.41, 5.74) is 1.86. The van der Waals surface area contributed by atoms with E-state index >= 15 is 0 Å².